The van der Waals surface area contributed by atoms with Crippen molar-refractivity contribution in [2.24, 2.45) is 5.92 Å². The number of ketones is 1. The fourth-order valence-corrected chi connectivity index (χ4v) is 2.20. The molecule has 1 aromatic carbocycles. The molecule has 0 saturated carbocycles. The van der Waals surface area contributed by atoms with E-state index in [0.29, 0.717) is 5.92 Å². The molecular formula is C18H24O. The smallest absolute Gasteiger partial charge is 0.160 e. The van der Waals surface area contributed by atoms with E-state index in [2.05, 4.69) is 38.7 Å². The topological polar surface area (TPSA) is 17.1 Å². The zero-order valence-corrected chi connectivity index (χ0v) is 12.5. The Morgan fingerprint density at radius 1 is 1.26 bits per heavy atom. The van der Waals surface area contributed by atoms with Crippen LogP contribution in [0.15, 0.2) is 18.2 Å². The summed E-state index contributed by atoms with van der Waals surface area (Å²) in [4.78, 5) is 11.6. The van der Waals surface area contributed by atoms with Gasteiger partial charge in [0.1, 0.15) is 0 Å². The monoisotopic (exact) mass is 256 g/mol. The summed E-state index contributed by atoms with van der Waals surface area (Å²) >= 11 is 0. The summed E-state index contributed by atoms with van der Waals surface area (Å²) in [5, 5.41) is 0. The van der Waals surface area contributed by atoms with Crippen LogP contribution in [0, 0.1) is 17.8 Å². The summed E-state index contributed by atoms with van der Waals surface area (Å²) in [6.07, 6.45) is 4.29. The maximum absolute atomic E-state index is 11.6. The molecule has 0 saturated heterocycles. The molecule has 19 heavy (non-hydrogen) atoms. The number of rotatable bonds is 5. The van der Waals surface area contributed by atoms with Gasteiger partial charge in [0.2, 0.25) is 0 Å². The minimum absolute atomic E-state index is 0.141. The van der Waals surface area contributed by atoms with Gasteiger partial charge in [-0.05, 0) is 43.5 Å². The Labute approximate surface area is 117 Å². The van der Waals surface area contributed by atoms with Crippen LogP contribution in [0.3, 0.4) is 0 Å². The summed E-state index contributed by atoms with van der Waals surface area (Å²) in [5.74, 6) is 7.09. The highest BCUT2D eigenvalue weighted by atomic mass is 16.1. The molecule has 0 amide bonds. The first-order chi connectivity index (χ1) is 9.08. The molecule has 1 rings (SSSR count). The fraction of sp³-hybridized carbons (Fsp3) is 0.500. The van der Waals surface area contributed by atoms with Crippen LogP contribution in [0.2, 0.25) is 0 Å². The lowest BCUT2D eigenvalue weighted by atomic mass is 9.97. The predicted molar refractivity (Wildman–Crippen MR) is 81.4 cm³/mol. The summed E-state index contributed by atoms with van der Waals surface area (Å²) in [7, 11) is 0. The maximum atomic E-state index is 11.6. The van der Waals surface area contributed by atoms with Gasteiger partial charge < -0.3 is 0 Å². The molecule has 0 aliphatic heterocycles. The number of carbonyl (C=O) groups is 1. The molecular weight excluding hydrogens is 232 g/mol. The first-order valence-electron chi connectivity index (χ1n) is 7.23. The summed E-state index contributed by atoms with van der Waals surface area (Å²) in [6.45, 7) is 8.10. The third-order valence-corrected chi connectivity index (χ3v) is 3.19. The van der Waals surface area contributed by atoms with E-state index in [1.165, 1.54) is 6.42 Å². The zero-order chi connectivity index (χ0) is 14.3. The highest BCUT2D eigenvalue weighted by Gasteiger charge is 2.06. The Morgan fingerprint density at radius 2 is 2.00 bits per heavy atom. The SMILES string of the molecule is CCCc1cc(C#CC(C)CCC)ccc1C(C)=O. The number of Topliss-reactive ketones (excluding diaryl/α,β-unsaturated/α-hetero) is 1. The van der Waals surface area contributed by atoms with E-state index in [1.807, 2.05) is 12.1 Å². The van der Waals surface area contributed by atoms with E-state index in [0.717, 1.165) is 36.0 Å². The van der Waals surface area contributed by atoms with Gasteiger partial charge in [0.25, 0.3) is 0 Å². The van der Waals surface area contributed by atoms with Crippen LogP contribution in [0.25, 0.3) is 0 Å². The van der Waals surface area contributed by atoms with Crippen LogP contribution < -0.4 is 0 Å². The third-order valence-electron chi connectivity index (χ3n) is 3.19. The lowest BCUT2D eigenvalue weighted by Gasteiger charge is -2.06. The van der Waals surface area contributed by atoms with E-state index in [-0.39, 0.29) is 5.78 Å². The average molecular weight is 256 g/mol. The van der Waals surface area contributed by atoms with Crippen molar-refractivity contribution in [2.75, 3.05) is 0 Å². The predicted octanol–water partition coefficient (Wildman–Crippen LogP) is 4.63. The van der Waals surface area contributed by atoms with Crippen molar-refractivity contribution in [3.05, 3.63) is 34.9 Å². The molecule has 0 aliphatic carbocycles. The van der Waals surface area contributed by atoms with Crippen LogP contribution in [0.4, 0.5) is 0 Å². The molecule has 1 atom stereocenters. The van der Waals surface area contributed by atoms with E-state index in [4.69, 9.17) is 0 Å². The molecule has 0 radical (unpaired) electrons. The molecule has 1 unspecified atom stereocenters. The summed E-state index contributed by atoms with van der Waals surface area (Å²) < 4.78 is 0. The number of hydrogen-bond acceptors (Lipinski definition) is 1. The lowest BCUT2D eigenvalue weighted by molar-refractivity contribution is 0.101. The van der Waals surface area contributed by atoms with Crippen LogP contribution in [0.5, 0.6) is 0 Å². The van der Waals surface area contributed by atoms with Gasteiger partial charge in [0.15, 0.2) is 5.78 Å². The number of hydrogen-bond donors (Lipinski definition) is 0. The van der Waals surface area contributed by atoms with Gasteiger partial charge in [-0.2, -0.15) is 0 Å². The van der Waals surface area contributed by atoms with Gasteiger partial charge in [-0.3, -0.25) is 4.79 Å². The van der Waals surface area contributed by atoms with Crippen LogP contribution in [-0.4, -0.2) is 5.78 Å². The standard InChI is InChI=1S/C18H24O/c1-5-7-14(3)9-10-16-11-12-18(15(4)19)17(13-16)8-6-2/h11-14H,5-8H2,1-4H3. The summed E-state index contributed by atoms with van der Waals surface area (Å²) in [6, 6.07) is 5.95. The van der Waals surface area contributed by atoms with Gasteiger partial charge in [0, 0.05) is 17.0 Å². The first kappa shape index (κ1) is 15.5. The van der Waals surface area contributed by atoms with Crippen molar-refractivity contribution in [1.82, 2.24) is 0 Å². The Bertz CT molecular complexity index is 488. The van der Waals surface area contributed by atoms with Gasteiger partial charge in [-0.1, -0.05) is 45.5 Å². The quantitative estimate of drug-likeness (QED) is 0.554. The van der Waals surface area contributed by atoms with Gasteiger partial charge >= 0.3 is 0 Å². The Hall–Kier alpha value is -1.55. The van der Waals surface area contributed by atoms with E-state index < -0.39 is 0 Å². The second-order valence-electron chi connectivity index (χ2n) is 5.14. The highest BCUT2D eigenvalue weighted by Crippen LogP contribution is 2.15. The molecule has 1 aromatic rings. The van der Waals surface area contributed by atoms with Crippen molar-refractivity contribution in [1.29, 1.82) is 0 Å². The lowest BCUT2D eigenvalue weighted by Crippen LogP contribution is -2.00. The van der Waals surface area contributed by atoms with E-state index >= 15 is 0 Å². The minimum Gasteiger partial charge on any atom is -0.295 e. The average Bonchev–Trinajstić information content (AvgIpc) is 2.37. The van der Waals surface area contributed by atoms with Crippen molar-refractivity contribution in [2.45, 2.75) is 53.4 Å². The van der Waals surface area contributed by atoms with Crippen molar-refractivity contribution in [3.63, 3.8) is 0 Å². The van der Waals surface area contributed by atoms with Crippen molar-refractivity contribution in [3.8, 4) is 11.8 Å². The normalized spacial score (nSPS) is 11.6. The van der Waals surface area contributed by atoms with Crippen LogP contribution in [0.1, 0.15) is 68.4 Å². The number of aryl methyl sites for hydroxylation is 1. The molecule has 0 aromatic heterocycles. The van der Waals surface area contributed by atoms with Crippen LogP contribution in [-0.2, 0) is 6.42 Å². The van der Waals surface area contributed by atoms with Crippen LogP contribution >= 0.6 is 0 Å². The third kappa shape index (κ3) is 4.91. The van der Waals surface area contributed by atoms with Crippen molar-refractivity contribution >= 4 is 5.78 Å². The van der Waals surface area contributed by atoms with Gasteiger partial charge in [0.05, 0.1) is 0 Å². The molecule has 0 N–H and O–H groups in total. The highest BCUT2D eigenvalue weighted by molar-refractivity contribution is 5.95. The maximum Gasteiger partial charge on any atom is 0.160 e. The molecule has 0 bridgehead atoms. The first-order valence-corrected chi connectivity index (χ1v) is 7.23. The van der Waals surface area contributed by atoms with Gasteiger partial charge in [-0.15, -0.1) is 0 Å². The van der Waals surface area contributed by atoms with Crippen molar-refractivity contribution < 1.29 is 4.79 Å². The second-order valence-corrected chi connectivity index (χ2v) is 5.14. The van der Waals surface area contributed by atoms with Gasteiger partial charge in [-0.25, -0.2) is 0 Å². The Balaban J connectivity index is 2.98. The largest absolute Gasteiger partial charge is 0.295 e. The molecule has 1 nitrogen and oxygen atoms in total. The molecule has 1 heteroatoms. The van der Waals surface area contributed by atoms with E-state index in [9.17, 15) is 4.79 Å². The molecule has 0 heterocycles. The fourth-order valence-electron chi connectivity index (χ4n) is 2.20. The second kappa shape index (κ2) is 7.79. The molecule has 0 fully saturated rings. The molecule has 102 valence electrons. The minimum atomic E-state index is 0.141. The molecule has 0 aliphatic rings. The zero-order valence-electron chi connectivity index (χ0n) is 12.5. The van der Waals surface area contributed by atoms with E-state index in [1.54, 1.807) is 6.92 Å². The number of carbonyl (C=O) groups excluding carboxylic acids is 1. The molecule has 0 spiro atoms. The number of benzene rings is 1. The summed E-state index contributed by atoms with van der Waals surface area (Å²) in [5.41, 5.74) is 3.00. The Kier molecular flexibility index (Phi) is 6.36. The Morgan fingerprint density at radius 3 is 2.58 bits per heavy atom.